The number of benzene rings is 1. The van der Waals surface area contributed by atoms with Crippen LogP contribution in [0, 0.1) is 0 Å². The van der Waals surface area contributed by atoms with Crippen LogP contribution in [0.15, 0.2) is 30.3 Å². The van der Waals surface area contributed by atoms with Crippen molar-refractivity contribution in [3.8, 4) is 11.4 Å². The Morgan fingerprint density at radius 1 is 1.33 bits per heavy atom. The largest absolute Gasteiger partial charge is 0.382 e. The molecule has 2 aromatic rings. The summed E-state index contributed by atoms with van der Waals surface area (Å²) in [5.74, 6) is 0.378. The van der Waals surface area contributed by atoms with Crippen LogP contribution in [-0.2, 0) is 16.1 Å². The fourth-order valence-corrected chi connectivity index (χ4v) is 1.74. The average molecular weight is 289 g/mol. The third-order valence-electron chi connectivity index (χ3n) is 2.76. The molecule has 0 bridgehead atoms. The monoisotopic (exact) mass is 289 g/mol. The van der Waals surface area contributed by atoms with Crippen molar-refractivity contribution in [2.24, 2.45) is 0 Å². The number of carbonyl (C=O) groups is 1. The van der Waals surface area contributed by atoms with Gasteiger partial charge in [0.15, 0.2) is 0 Å². The van der Waals surface area contributed by atoms with Crippen molar-refractivity contribution >= 4 is 5.91 Å². The minimum Gasteiger partial charge on any atom is -0.382 e. The van der Waals surface area contributed by atoms with Crippen LogP contribution in [0.5, 0.6) is 0 Å². The summed E-state index contributed by atoms with van der Waals surface area (Å²) in [7, 11) is 0. The zero-order valence-electron chi connectivity index (χ0n) is 12.0. The van der Waals surface area contributed by atoms with Gasteiger partial charge >= 0.3 is 0 Å². The van der Waals surface area contributed by atoms with Crippen molar-refractivity contribution in [3.05, 3.63) is 30.3 Å². The molecule has 2 rings (SSSR count). The first kappa shape index (κ1) is 15.1. The van der Waals surface area contributed by atoms with Gasteiger partial charge in [-0.1, -0.05) is 30.3 Å². The van der Waals surface area contributed by atoms with Crippen LogP contribution in [-0.4, -0.2) is 45.9 Å². The smallest absolute Gasteiger partial charge is 0.243 e. The second kappa shape index (κ2) is 8.11. The molecular formula is C14H19N5O2. The molecule has 1 heterocycles. The molecule has 1 N–H and O–H groups in total. The molecule has 0 aliphatic heterocycles. The summed E-state index contributed by atoms with van der Waals surface area (Å²) >= 11 is 0. The molecule has 0 saturated heterocycles. The van der Waals surface area contributed by atoms with Gasteiger partial charge in [-0.2, -0.15) is 4.80 Å². The molecule has 1 amide bonds. The van der Waals surface area contributed by atoms with Crippen molar-refractivity contribution in [1.82, 2.24) is 25.5 Å². The normalized spacial score (nSPS) is 10.5. The second-order valence-electron chi connectivity index (χ2n) is 4.41. The first-order valence-corrected chi connectivity index (χ1v) is 6.97. The Morgan fingerprint density at radius 2 is 2.14 bits per heavy atom. The van der Waals surface area contributed by atoms with Crippen molar-refractivity contribution < 1.29 is 9.53 Å². The Hall–Kier alpha value is -2.28. The standard InChI is InChI=1S/C14H19N5O2/c1-2-21-10-6-9-15-13(20)11-19-17-14(16-18-19)12-7-4-3-5-8-12/h3-5,7-8H,2,6,9-11H2,1H3,(H,15,20). The second-order valence-corrected chi connectivity index (χ2v) is 4.41. The Bertz CT molecular complexity index is 556. The van der Waals surface area contributed by atoms with Crippen LogP contribution >= 0.6 is 0 Å². The first-order valence-electron chi connectivity index (χ1n) is 6.97. The molecule has 112 valence electrons. The Labute approximate surface area is 123 Å². The number of hydrogen-bond acceptors (Lipinski definition) is 5. The fraction of sp³-hybridized carbons (Fsp3) is 0.429. The fourth-order valence-electron chi connectivity index (χ4n) is 1.74. The third-order valence-corrected chi connectivity index (χ3v) is 2.76. The number of ether oxygens (including phenoxy) is 1. The van der Waals surface area contributed by atoms with Crippen LogP contribution in [0.4, 0.5) is 0 Å². The van der Waals surface area contributed by atoms with E-state index in [1.165, 1.54) is 4.80 Å². The molecule has 1 aromatic heterocycles. The van der Waals surface area contributed by atoms with E-state index in [1.807, 2.05) is 37.3 Å². The first-order chi connectivity index (χ1) is 10.3. The number of amides is 1. The topological polar surface area (TPSA) is 81.9 Å². The Balaban J connectivity index is 1.78. The molecule has 7 heteroatoms. The molecule has 7 nitrogen and oxygen atoms in total. The van der Waals surface area contributed by atoms with Gasteiger partial charge in [0.25, 0.3) is 0 Å². The van der Waals surface area contributed by atoms with E-state index in [9.17, 15) is 4.79 Å². The summed E-state index contributed by atoms with van der Waals surface area (Å²) in [5, 5.41) is 14.8. The third kappa shape index (κ3) is 4.96. The molecule has 0 spiro atoms. The van der Waals surface area contributed by atoms with Gasteiger partial charge < -0.3 is 10.1 Å². The summed E-state index contributed by atoms with van der Waals surface area (Å²) in [4.78, 5) is 13.0. The summed E-state index contributed by atoms with van der Waals surface area (Å²) < 4.78 is 5.19. The lowest BCUT2D eigenvalue weighted by molar-refractivity contribution is -0.122. The summed E-state index contributed by atoms with van der Waals surface area (Å²) in [6, 6.07) is 9.52. The lowest BCUT2D eigenvalue weighted by Crippen LogP contribution is -2.29. The van der Waals surface area contributed by atoms with Gasteiger partial charge in [0.2, 0.25) is 11.7 Å². The highest BCUT2D eigenvalue weighted by Crippen LogP contribution is 2.11. The molecule has 21 heavy (non-hydrogen) atoms. The number of carbonyl (C=O) groups excluding carboxylic acids is 1. The van der Waals surface area contributed by atoms with Gasteiger partial charge in [0.1, 0.15) is 6.54 Å². The maximum absolute atomic E-state index is 11.7. The van der Waals surface area contributed by atoms with E-state index in [0.717, 1.165) is 12.0 Å². The average Bonchev–Trinajstić information content (AvgIpc) is 2.96. The zero-order valence-corrected chi connectivity index (χ0v) is 12.0. The molecule has 0 aliphatic carbocycles. The van der Waals surface area contributed by atoms with E-state index in [0.29, 0.717) is 25.6 Å². The van der Waals surface area contributed by atoms with Gasteiger partial charge in [-0.25, -0.2) is 0 Å². The SMILES string of the molecule is CCOCCCNC(=O)Cn1nnc(-c2ccccc2)n1. The molecule has 0 aliphatic rings. The van der Waals surface area contributed by atoms with Gasteiger partial charge in [-0.3, -0.25) is 4.79 Å². The molecule has 0 saturated carbocycles. The lowest BCUT2D eigenvalue weighted by Gasteiger charge is -2.04. The Morgan fingerprint density at radius 3 is 2.90 bits per heavy atom. The minimum atomic E-state index is -0.136. The van der Waals surface area contributed by atoms with Gasteiger partial charge in [-0.15, -0.1) is 10.2 Å². The number of aromatic nitrogens is 4. The summed E-state index contributed by atoms with van der Waals surface area (Å²) in [6.07, 6.45) is 0.791. The van der Waals surface area contributed by atoms with E-state index in [-0.39, 0.29) is 12.5 Å². The van der Waals surface area contributed by atoms with E-state index in [4.69, 9.17) is 4.74 Å². The van der Waals surface area contributed by atoms with Crippen LogP contribution < -0.4 is 5.32 Å². The van der Waals surface area contributed by atoms with Gasteiger partial charge in [0, 0.05) is 25.3 Å². The molecule has 0 unspecified atom stereocenters. The predicted molar refractivity (Wildman–Crippen MR) is 77.4 cm³/mol. The molecule has 1 aromatic carbocycles. The summed E-state index contributed by atoms with van der Waals surface area (Å²) in [6.45, 7) is 3.93. The van der Waals surface area contributed by atoms with E-state index < -0.39 is 0 Å². The maximum Gasteiger partial charge on any atom is 0.243 e. The van der Waals surface area contributed by atoms with Crippen molar-refractivity contribution in [2.45, 2.75) is 19.9 Å². The number of nitrogens with zero attached hydrogens (tertiary/aromatic N) is 4. The quantitative estimate of drug-likeness (QED) is 0.730. The van der Waals surface area contributed by atoms with Crippen molar-refractivity contribution in [2.75, 3.05) is 19.8 Å². The number of nitrogens with one attached hydrogen (secondary N) is 1. The summed E-state index contributed by atoms with van der Waals surface area (Å²) in [5.41, 5.74) is 0.876. The van der Waals surface area contributed by atoms with E-state index in [2.05, 4.69) is 20.7 Å². The molecule has 0 atom stereocenters. The van der Waals surface area contributed by atoms with Crippen molar-refractivity contribution in [3.63, 3.8) is 0 Å². The van der Waals surface area contributed by atoms with E-state index in [1.54, 1.807) is 0 Å². The zero-order chi connectivity index (χ0) is 14.9. The minimum absolute atomic E-state index is 0.0640. The number of rotatable bonds is 8. The van der Waals surface area contributed by atoms with Crippen molar-refractivity contribution in [1.29, 1.82) is 0 Å². The van der Waals surface area contributed by atoms with E-state index >= 15 is 0 Å². The molecule has 0 radical (unpaired) electrons. The highest BCUT2D eigenvalue weighted by atomic mass is 16.5. The Kier molecular flexibility index (Phi) is 5.83. The number of tetrazole rings is 1. The van der Waals surface area contributed by atoms with Gasteiger partial charge in [0.05, 0.1) is 0 Å². The van der Waals surface area contributed by atoms with Crippen LogP contribution in [0.1, 0.15) is 13.3 Å². The highest BCUT2D eigenvalue weighted by Gasteiger charge is 2.08. The highest BCUT2D eigenvalue weighted by molar-refractivity contribution is 5.75. The molecular weight excluding hydrogens is 270 g/mol. The van der Waals surface area contributed by atoms with Gasteiger partial charge in [-0.05, 0) is 18.6 Å². The van der Waals surface area contributed by atoms with Crippen LogP contribution in [0.25, 0.3) is 11.4 Å². The predicted octanol–water partition coefficient (Wildman–Crippen LogP) is 0.883. The van der Waals surface area contributed by atoms with Crippen LogP contribution in [0.3, 0.4) is 0 Å². The number of hydrogen-bond donors (Lipinski definition) is 1. The lowest BCUT2D eigenvalue weighted by atomic mass is 10.2. The maximum atomic E-state index is 11.7. The van der Waals surface area contributed by atoms with Crippen LogP contribution in [0.2, 0.25) is 0 Å². The molecule has 0 fully saturated rings.